The van der Waals surface area contributed by atoms with E-state index in [0.29, 0.717) is 41.4 Å². The Bertz CT molecular complexity index is 998. The third-order valence-corrected chi connectivity index (χ3v) is 5.64. The van der Waals surface area contributed by atoms with Crippen LogP contribution >= 0.6 is 20.6 Å². The summed E-state index contributed by atoms with van der Waals surface area (Å²) in [6.07, 6.45) is -3.03. The lowest BCUT2D eigenvalue weighted by molar-refractivity contribution is -0.138. The highest BCUT2D eigenvalue weighted by atomic mass is 32.1. The molecule has 0 fully saturated rings. The van der Waals surface area contributed by atoms with Crippen molar-refractivity contribution < 1.29 is 27.8 Å². The molecular weight excluding hydrogens is 448 g/mol. The Morgan fingerprint density at radius 3 is 2.48 bits per heavy atom. The molecule has 2 aromatic carbocycles. The van der Waals surface area contributed by atoms with Gasteiger partial charge in [-0.3, -0.25) is 0 Å². The van der Waals surface area contributed by atoms with E-state index in [1.54, 1.807) is 0 Å². The van der Waals surface area contributed by atoms with Gasteiger partial charge in [-0.05, 0) is 48.5 Å². The lowest BCUT2D eigenvalue weighted by atomic mass is 10.1. The third kappa shape index (κ3) is 6.89. The van der Waals surface area contributed by atoms with E-state index in [9.17, 15) is 13.2 Å². The Morgan fingerprint density at radius 2 is 1.77 bits per heavy atom. The van der Waals surface area contributed by atoms with E-state index in [0.717, 1.165) is 28.5 Å². The van der Waals surface area contributed by atoms with Crippen molar-refractivity contribution in [3.8, 4) is 22.1 Å². The number of unbranched alkanes of at least 4 members (excludes halogenated alkanes) is 1. The van der Waals surface area contributed by atoms with Crippen LogP contribution in [0.2, 0.25) is 0 Å². The molecule has 1 heterocycles. The lowest BCUT2D eigenvalue weighted by Gasteiger charge is -2.15. The molecule has 166 valence electrons. The molecule has 0 radical (unpaired) electrons. The first-order valence-electron chi connectivity index (χ1n) is 9.63. The number of rotatable bonds is 10. The maximum Gasteiger partial charge on any atom is 0.419 e. The standard InChI is InChI=1S/C21H22F3N2O3PS/c22-21(23,24)17-12-14(20-26-25-19(31-20)8-9-27)6-7-18(17)29-11-2-1-10-28-15-4-3-5-16(30)13-15/h3-7,12-13,27H,1-2,8-11,30H2. The number of aromatic nitrogens is 2. The molecule has 0 aliphatic rings. The Balaban J connectivity index is 1.57. The molecule has 31 heavy (non-hydrogen) atoms. The number of aliphatic hydroxyl groups excluding tert-OH is 1. The Hall–Kier alpha value is -2.22. The fourth-order valence-electron chi connectivity index (χ4n) is 2.76. The average molecular weight is 470 g/mol. The predicted octanol–water partition coefficient (Wildman–Crippen LogP) is 4.50. The second kappa shape index (κ2) is 10.9. The van der Waals surface area contributed by atoms with Gasteiger partial charge in [-0.1, -0.05) is 23.5 Å². The molecule has 1 unspecified atom stereocenters. The molecule has 10 heteroatoms. The van der Waals surface area contributed by atoms with E-state index in [2.05, 4.69) is 19.4 Å². The molecule has 1 N–H and O–H groups in total. The van der Waals surface area contributed by atoms with Gasteiger partial charge in [0.2, 0.25) is 0 Å². The van der Waals surface area contributed by atoms with Crippen LogP contribution in [0.15, 0.2) is 42.5 Å². The van der Waals surface area contributed by atoms with Crippen molar-refractivity contribution in [1.82, 2.24) is 10.2 Å². The van der Waals surface area contributed by atoms with Crippen molar-refractivity contribution in [2.24, 2.45) is 0 Å². The first-order valence-corrected chi connectivity index (χ1v) is 11.0. The van der Waals surface area contributed by atoms with Gasteiger partial charge in [-0.15, -0.1) is 19.4 Å². The Labute approximate surface area is 184 Å². The molecule has 0 spiro atoms. The largest absolute Gasteiger partial charge is 0.494 e. The maximum absolute atomic E-state index is 13.6. The summed E-state index contributed by atoms with van der Waals surface area (Å²) in [4.78, 5) is 0. The average Bonchev–Trinajstić information content (AvgIpc) is 3.19. The van der Waals surface area contributed by atoms with E-state index >= 15 is 0 Å². The fourth-order valence-corrected chi connectivity index (χ4v) is 3.86. The van der Waals surface area contributed by atoms with Crippen LogP contribution in [0.25, 0.3) is 10.6 Å². The van der Waals surface area contributed by atoms with Gasteiger partial charge in [-0.25, -0.2) is 0 Å². The van der Waals surface area contributed by atoms with Crippen molar-refractivity contribution in [3.05, 3.63) is 53.0 Å². The second-order valence-electron chi connectivity index (χ2n) is 6.66. The summed E-state index contributed by atoms with van der Waals surface area (Å²) in [5.41, 5.74) is -0.538. The Kier molecular flexibility index (Phi) is 8.23. The number of hydrogen-bond acceptors (Lipinski definition) is 6. The smallest absolute Gasteiger partial charge is 0.419 e. The SMILES string of the molecule is OCCc1nnc(-c2ccc(OCCCCOc3cccc(P)c3)c(C(F)(F)F)c2)s1. The van der Waals surface area contributed by atoms with Gasteiger partial charge in [0, 0.05) is 18.6 Å². The number of alkyl halides is 3. The first kappa shape index (κ1) is 23.4. The highest BCUT2D eigenvalue weighted by Gasteiger charge is 2.35. The van der Waals surface area contributed by atoms with Crippen LogP contribution in [0.3, 0.4) is 0 Å². The molecule has 0 saturated heterocycles. The first-order chi connectivity index (χ1) is 14.9. The molecule has 0 bridgehead atoms. The summed E-state index contributed by atoms with van der Waals surface area (Å²) < 4.78 is 51.7. The molecular formula is C21H22F3N2O3PS. The van der Waals surface area contributed by atoms with Gasteiger partial charge in [0.25, 0.3) is 0 Å². The normalized spacial score (nSPS) is 11.5. The predicted molar refractivity (Wildman–Crippen MR) is 117 cm³/mol. The number of nitrogens with zero attached hydrogens (tertiary/aromatic N) is 2. The molecule has 1 aromatic heterocycles. The van der Waals surface area contributed by atoms with Crippen LogP contribution in [0.4, 0.5) is 13.2 Å². The number of hydrogen-bond donors (Lipinski definition) is 1. The topological polar surface area (TPSA) is 64.5 Å². The second-order valence-corrected chi connectivity index (χ2v) is 8.39. The minimum atomic E-state index is -4.56. The van der Waals surface area contributed by atoms with E-state index in [1.807, 2.05) is 24.3 Å². The molecule has 3 aromatic rings. The Morgan fingerprint density at radius 1 is 1.00 bits per heavy atom. The van der Waals surface area contributed by atoms with Crippen molar-refractivity contribution >= 4 is 25.9 Å². The number of ether oxygens (including phenoxy) is 2. The summed E-state index contributed by atoms with van der Waals surface area (Å²) in [5.74, 6) is 0.537. The summed E-state index contributed by atoms with van der Waals surface area (Å²) >= 11 is 1.16. The number of halogens is 3. The molecule has 5 nitrogen and oxygen atoms in total. The zero-order valence-corrected chi connectivity index (χ0v) is 18.5. The molecule has 1 atom stereocenters. The van der Waals surface area contributed by atoms with Gasteiger partial charge >= 0.3 is 6.18 Å². The quantitative estimate of drug-likeness (QED) is 0.349. The monoisotopic (exact) mass is 470 g/mol. The van der Waals surface area contributed by atoms with Crippen LogP contribution < -0.4 is 14.8 Å². The van der Waals surface area contributed by atoms with E-state index in [1.165, 1.54) is 12.1 Å². The van der Waals surface area contributed by atoms with E-state index < -0.39 is 11.7 Å². The van der Waals surface area contributed by atoms with Crippen LogP contribution in [-0.4, -0.2) is 35.1 Å². The van der Waals surface area contributed by atoms with Gasteiger partial charge < -0.3 is 14.6 Å². The zero-order chi connectivity index (χ0) is 22.3. The third-order valence-electron chi connectivity index (χ3n) is 4.25. The fraction of sp³-hybridized carbons (Fsp3) is 0.333. The summed E-state index contributed by atoms with van der Waals surface area (Å²) in [6.45, 7) is 0.509. The molecule has 0 aliphatic carbocycles. The van der Waals surface area contributed by atoms with E-state index in [-0.39, 0.29) is 19.0 Å². The van der Waals surface area contributed by atoms with Crippen LogP contribution in [0.5, 0.6) is 11.5 Å². The zero-order valence-electron chi connectivity index (χ0n) is 16.6. The lowest BCUT2D eigenvalue weighted by Crippen LogP contribution is -2.10. The van der Waals surface area contributed by atoms with Crippen molar-refractivity contribution in [1.29, 1.82) is 0 Å². The van der Waals surface area contributed by atoms with Crippen molar-refractivity contribution in [2.75, 3.05) is 19.8 Å². The van der Waals surface area contributed by atoms with Gasteiger partial charge in [0.1, 0.15) is 21.5 Å². The van der Waals surface area contributed by atoms with Crippen molar-refractivity contribution in [2.45, 2.75) is 25.4 Å². The maximum atomic E-state index is 13.6. The summed E-state index contributed by atoms with van der Waals surface area (Å²) in [6, 6.07) is 11.4. The summed E-state index contributed by atoms with van der Waals surface area (Å²) in [5, 5.41) is 18.7. The van der Waals surface area contributed by atoms with Crippen LogP contribution in [0.1, 0.15) is 23.4 Å². The molecule has 0 amide bonds. The minimum absolute atomic E-state index is 0.0929. The van der Waals surface area contributed by atoms with E-state index in [4.69, 9.17) is 14.6 Å². The number of benzene rings is 2. The van der Waals surface area contributed by atoms with Crippen LogP contribution in [-0.2, 0) is 12.6 Å². The molecule has 0 aliphatic heterocycles. The van der Waals surface area contributed by atoms with Gasteiger partial charge in [-0.2, -0.15) is 13.2 Å². The summed E-state index contributed by atoms with van der Waals surface area (Å²) in [7, 11) is 2.59. The van der Waals surface area contributed by atoms with Gasteiger partial charge in [0.15, 0.2) is 0 Å². The van der Waals surface area contributed by atoms with Crippen LogP contribution in [0, 0.1) is 0 Å². The molecule has 0 saturated carbocycles. The highest BCUT2D eigenvalue weighted by molar-refractivity contribution is 7.27. The van der Waals surface area contributed by atoms with Crippen molar-refractivity contribution in [3.63, 3.8) is 0 Å². The number of aliphatic hydroxyl groups is 1. The highest BCUT2D eigenvalue weighted by Crippen LogP contribution is 2.39. The van der Waals surface area contributed by atoms with Gasteiger partial charge in [0.05, 0.1) is 18.8 Å². The minimum Gasteiger partial charge on any atom is -0.494 e. The molecule has 3 rings (SSSR count).